The van der Waals surface area contributed by atoms with Crippen LogP contribution in [0.15, 0.2) is 60.7 Å². The number of carbonyl (C=O) groups excluding carboxylic acids is 1. The number of hydrogen-bond donors (Lipinski definition) is 1. The molecule has 3 rings (SSSR count). The van der Waals surface area contributed by atoms with E-state index in [0.717, 1.165) is 27.5 Å². The van der Waals surface area contributed by atoms with E-state index < -0.39 is 5.54 Å². The van der Waals surface area contributed by atoms with Gasteiger partial charge in [-0.1, -0.05) is 54.6 Å². The maximum atomic E-state index is 12.2. The Bertz CT molecular complexity index is 890. The van der Waals surface area contributed by atoms with E-state index in [1.54, 1.807) is 0 Å². The monoisotopic (exact) mass is 319 g/mol. The quantitative estimate of drug-likeness (QED) is 0.724. The van der Waals surface area contributed by atoms with Gasteiger partial charge in [0.1, 0.15) is 0 Å². The van der Waals surface area contributed by atoms with Gasteiger partial charge in [0.05, 0.1) is 12.7 Å². The summed E-state index contributed by atoms with van der Waals surface area (Å²) in [6.45, 7) is 3.94. The largest absolute Gasteiger partial charge is 0.465 e. The zero-order valence-corrected chi connectivity index (χ0v) is 14.2. The number of rotatable bonds is 3. The third kappa shape index (κ3) is 2.91. The maximum Gasteiger partial charge on any atom is 0.338 e. The lowest BCUT2D eigenvalue weighted by Gasteiger charge is -2.20. The molecule has 0 aromatic heterocycles. The molecule has 0 fully saturated rings. The van der Waals surface area contributed by atoms with Gasteiger partial charge in [0, 0.05) is 11.1 Å². The summed E-state index contributed by atoms with van der Waals surface area (Å²) >= 11 is 0. The zero-order valence-electron chi connectivity index (χ0n) is 14.2. The summed E-state index contributed by atoms with van der Waals surface area (Å²) in [6, 6.07) is 19.8. The highest BCUT2D eigenvalue weighted by Gasteiger charge is 2.18. The van der Waals surface area contributed by atoms with Crippen LogP contribution in [0, 0.1) is 0 Å². The van der Waals surface area contributed by atoms with Gasteiger partial charge in [-0.2, -0.15) is 0 Å². The Hall–Kier alpha value is -2.65. The second-order valence-electron chi connectivity index (χ2n) is 6.50. The normalized spacial score (nSPS) is 11.5. The highest BCUT2D eigenvalue weighted by molar-refractivity contribution is 6.08. The number of hydrogen-bond acceptors (Lipinski definition) is 3. The van der Waals surface area contributed by atoms with Crippen molar-refractivity contribution < 1.29 is 9.53 Å². The van der Waals surface area contributed by atoms with Crippen molar-refractivity contribution in [1.29, 1.82) is 0 Å². The molecule has 0 aliphatic carbocycles. The van der Waals surface area contributed by atoms with E-state index in [-0.39, 0.29) is 5.97 Å². The number of carbonyl (C=O) groups is 1. The van der Waals surface area contributed by atoms with Gasteiger partial charge < -0.3 is 10.5 Å². The molecule has 3 aromatic carbocycles. The van der Waals surface area contributed by atoms with Gasteiger partial charge in [-0.25, -0.2) is 4.79 Å². The Balaban J connectivity index is 2.25. The Morgan fingerprint density at radius 1 is 0.958 bits per heavy atom. The molecule has 24 heavy (non-hydrogen) atoms. The number of fused-ring (bicyclic) bond motifs is 1. The predicted molar refractivity (Wildman–Crippen MR) is 97.9 cm³/mol. The van der Waals surface area contributed by atoms with Crippen LogP contribution in [0.4, 0.5) is 0 Å². The van der Waals surface area contributed by atoms with E-state index in [0.29, 0.717) is 5.56 Å². The van der Waals surface area contributed by atoms with Crippen LogP contribution in [-0.2, 0) is 10.3 Å². The first-order chi connectivity index (χ1) is 11.4. The number of benzene rings is 3. The summed E-state index contributed by atoms with van der Waals surface area (Å²) < 4.78 is 4.97. The Morgan fingerprint density at radius 3 is 2.25 bits per heavy atom. The number of esters is 1. The molecular formula is C21H21NO2. The molecule has 0 aliphatic heterocycles. The van der Waals surface area contributed by atoms with Crippen LogP contribution >= 0.6 is 0 Å². The van der Waals surface area contributed by atoms with Crippen molar-refractivity contribution in [3.8, 4) is 11.1 Å². The zero-order chi connectivity index (χ0) is 17.3. The summed E-state index contributed by atoms with van der Waals surface area (Å²) in [5.41, 5.74) is 9.24. The molecule has 3 aromatic rings. The van der Waals surface area contributed by atoms with E-state index in [2.05, 4.69) is 0 Å². The molecule has 122 valence electrons. The van der Waals surface area contributed by atoms with Gasteiger partial charge in [0.2, 0.25) is 0 Å². The maximum absolute atomic E-state index is 12.2. The van der Waals surface area contributed by atoms with Crippen molar-refractivity contribution in [1.82, 2.24) is 0 Å². The second kappa shape index (κ2) is 6.10. The Morgan fingerprint density at radius 2 is 1.62 bits per heavy atom. The minimum absolute atomic E-state index is 0.334. The fraction of sp³-hybridized carbons (Fsp3) is 0.190. The molecule has 0 heterocycles. The van der Waals surface area contributed by atoms with Gasteiger partial charge >= 0.3 is 5.97 Å². The average molecular weight is 319 g/mol. The SMILES string of the molecule is COC(=O)c1ccc2ccccc2c1-c1ccc(C(C)(C)N)cc1. The van der Waals surface area contributed by atoms with Crippen molar-refractivity contribution in [2.24, 2.45) is 5.73 Å². The van der Waals surface area contributed by atoms with E-state index in [9.17, 15) is 4.79 Å². The van der Waals surface area contributed by atoms with Crippen LogP contribution in [-0.4, -0.2) is 13.1 Å². The average Bonchev–Trinajstić information content (AvgIpc) is 2.59. The molecule has 0 saturated heterocycles. The molecule has 2 N–H and O–H groups in total. The smallest absolute Gasteiger partial charge is 0.338 e. The van der Waals surface area contributed by atoms with Crippen LogP contribution in [0.25, 0.3) is 21.9 Å². The molecule has 0 spiro atoms. The molecule has 0 amide bonds. The standard InChI is InChI=1S/C21H21NO2/c1-21(2,22)16-11-8-15(9-12-16)19-17-7-5-4-6-14(17)10-13-18(19)20(23)24-3/h4-13H,22H2,1-3H3. The van der Waals surface area contributed by atoms with Crippen molar-refractivity contribution in [2.45, 2.75) is 19.4 Å². The third-order valence-electron chi connectivity index (χ3n) is 4.25. The van der Waals surface area contributed by atoms with Gasteiger partial charge in [-0.05, 0) is 41.8 Å². The number of ether oxygens (including phenoxy) is 1. The second-order valence-corrected chi connectivity index (χ2v) is 6.50. The first-order valence-electron chi connectivity index (χ1n) is 7.91. The molecule has 3 nitrogen and oxygen atoms in total. The molecule has 0 atom stereocenters. The number of methoxy groups -OCH3 is 1. The van der Waals surface area contributed by atoms with E-state index in [1.807, 2.05) is 74.5 Å². The summed E-state index contributed by atoms with van der Waals surface area (Å²) in [5, 5.41) is 2.11. The minimum atomic E-state index is -0.400. The van der Waals surface area contributed by atoms with E-state index in [4.69, 9.17) is 10.5 Å². The highest BCUT2D eigenvalue weighted by Crippen LogP contribution is 2.33. The molecular weight excluding hydrogens is 298 g/mol. The molecule has 0 bridgehead atoms. The Labute approximate surface area is 142 Å². The molecule has 0 saturated carbocycles. The fourth-order valence-electron chi connectivity index (χ4n) is 2.93. The molecule has 3 heteroatoms. The van der Waals surface area contributed by atoms with Gasteiger partial charge in [0.25, 0.3) is 0 Å². The van der Waals surface area contributed by atoms with Crippen LogP contribution in [0.2, 0.25) is 0 Å². The van der Waals surface area contributed by atoms with Gasteiger partial charge in [-0.3, -0.25) is 0 Å². The van der Waals surface area contributed by atoms with Crippen molar-refractivity contribution >= 4 is 16.7 Å². The highest BCUT2D eigenvalue weighted by atomic mass is 16.5. The van der Waals surface area contributed by atoms with E-state index >= 15 is 0 Å². The topological polar surface area (TPSA) is 52.3 Å². The van der Waals surface area contributed by atoms with Gasteiger partial charge in [0.15, 0.2) is 0 Å². The van der Waals surface area contributed by atoms with Crippen LogP contribution < -0.4 is 5.73 Å². The van der Waals surface area contributed by atoms with Crippen LogP contribution in [0.3, 0.4) is 0 Å². The lowest BCUT2D eigenvalue weighted by molar-refractivity contribution is 0.0602. The third-order valence-corrected chi connectivity index (χ3v) is 4.25. The summed E-state index contributed by atoms with van der Waals surface area (Å²) in [4.78, 5) is 12.2. The number of nitrogens with two attached hydrogens (primary N) is 1. The molecule has 0 unspecified atom stereocenters. The minimum Gasteiger partial charge on any atom is -0.465 e. The molecule has 0 aliphatic rings. The molecule has 0 radical (unpaired) electrons. The Kier molecular flexibility index (Phi) is 4.12. The summed E-state index contributed by atoms with van der Waals surface area (Å²) in [7, 11) is 1.40. The fourth-order valence-corrected chi connectivity index (χ4v) is 2.93. The van der Waals surface area contributed by atoms with Gasteiger partial charge in [-0.15, -0.1) is 0 Å². The lowest BCUT2D eigenvalue weighted by Crippen LogP contribution is -2.28. The summed E-state index contributed by atoms with van der Waals surface area (Å²) in [5.74, 6) is -0.334. The summed E-state index contributed by atoms with van der Waals surface area (Å²) in [6.07, 6.45) is 0. The van der Waals surface area contributed by atoms with Crippen molar-refractivity contribution in [2.75, 3.05) is 7.11 Å². The van der Waals surface area contributed by atoms with Crippen LogP contribution in [0.1, 0.15) is 29.8 Å². The van der Waals surface area contributed by atoms with E-state index in [1.165, 1.54) is 7.11 Å². The predicted octanol–water partition coefficient (Wildman–Crippen LogP) is 4.49. The first-order valence-corrected chi connectivity index (χ1v) is 7.91. The van der Waals surface area contributed by atoms with Crippen molar-refractivity contribution in [3.63, 3.8) is 0 Å². The van der Waals surface area contributed by atoms with Crippen LogP contribution in [0.5, 0.6) is 0 Å². The first kappa shape index (κ1) is 16.2. The van der Waals surface area contributed by atoms with Crippen molar-refractivity contribution in [3.05, 3.63) is 71.8 Å². The lowest BCUT2D eigenvalue weighted by atomic mass is 9.90.